The van der Waals surface area contributed by atoms with Crippen LogP contribution in [0.25, 0.3) is 10.5 Å². The first-order chi connectivity index (χ1) is 9.70. The molecule has 20 heavy (non-hydrogen) atoms. The van der Waals surface area contributed by atoms with Gasteiger partial charge in [0.1, 0.15) is 0 Å². The van der Waals surface area contributed by atoms with Crippen LogP contribution in [-0.2, 0) is 0 Å². The molecule has 0 spiro atoms. The van der Waals surface area contributed by atoms with Gasteiger partial charge in [-0.1, -0.05) is 31.4 Å². The van der Waals surface area contributed by atoms with Crippen molar-refractivity contribution in [3.8, 4) is 0 Å². The maximum absolute atomic E-state index is 7.34. The second-order valence-electron chi connectivity index (χ2n) is 5.33. The summed E-state index contributed by atoms with van der Waals surface area (Å²) in [5.41, 5.74) is 1.74. The molecule has 5 nitrogen and oxygen atoms in total. The van der Waals surface area contributed by atoms with E-state index in [1.807, 2.05) is 0 Å². The molecule has 0 bridgehead atoms. The normalized spacial score (nSPS) is 22.6. The van der Waals surface area contributed by atoms with Crippen LogP contribution in [0.1, 0.15) is 32.6 Å². The molecule has 2 aromatic rings. The van der Waals surface area contributed by atoms with Crippen LogP contribution >= 0.6 is 11.6 Å². The Hall–Kier alpha value is -1.80. The molecule has 1 N–H and O–H groups in total. The number of imidazole rings is 1. The van der Waals surface area contributed by atoms with E-state index in [1.54, 1.807) is 16.9 Å². The van der Waals surface area contributed by atoms with Gasteiger partial charge >= 0.3 is 0 Å². The second kappa shape index (κ2) is 5.29. The molecule has 6 heteroatoms. The number of halogens is 1. The molecular formula is C14H16ClN5. The summed E-state index contributed by atoms with van der Waals surface area (Å²) in [6.45, 7) is 9.59. The molecule has 3 rings (SSSR count). The van der Waals surface area contributed by atoms with Crippen molar-refractivity contribution < 1.29 is 0 Å². The maximum atomic E-state index is 7.34. The fourth-order valence-electron chi connectivity index (χ4n) is 2.86. The first-order valence-corrected chi connectivity index (χ1v) is 7.25. The topological polar surface area (TPSA) is 46.6 Å². The highest BCUT2D eigenvalue weighted by Crippen LogP contribution is 2.37. The zero-order valence-electron chi connectivity index (χ0n) is 11.3. The van der Waals surface area contributed by atoms with Crippen LogP contribution in [0.5, 0.6) is 0 Å². The summed E-state index contributed by atoms with van der Waals surface area (Å²) in [7, 11) is 0. The number of fused-ring (bicyclic) bond motifs is 1. The van der Waals surface area contributed by atoms with E-state index >= 15 is 0 Å². The van der Waals surface area contributed by atoms with Gasteiger partial charge in [-0.3, -0.25) is 0 Å². The lowest BCUT2D eigenvalue weighted by molar-refractivity contribution is 0.350. The van der Waals surface area contributed by atoms with Gasteiger partial charge in [-0.15, -0.1) is 0 Å². The van der Waals surface area contributed by atoms with E-state index in [1.165, 1.54) is 19.3 Å². The van der Waals surface area contributed by atoms with Crippen LogP contribution in [0.15, 0.2) is 12.4 Å². The third-order valence-corrected chi connectivity index (χ3v) is 4.28. The fourth-order valence-corrected chi connectivity index (χ4v) is 3.08. The van der Waals surface area contributed by atoms with Crippen LogP contribution in [-0.4, -0.2) is 20.6 Å². The van der Waals surface area contributed by atoms with E-state index in [-0.39, 0.29) is 5.15 Å². The van der Waals surface area contributed by atoms with Gasteiger partial charge < -0.3 is 5.32 Å². The zero-order chi connectivity index (χ0) is 14.1. The van der Waals surface area contributed by atoms with Gasteiger partial charge in [0.25, 0.3) is 5.69 Å². The molecule has 1 aliphatic rings. The summed E-state index contributed by atoms with van der Waals surface area (Å²) >= 11 is 6.11. The van der Waals surface area contributed by atoms with Crippen molar-refractivity contribution in [1.82, 2.24) is 14.6 Å². The maximum Gasteiger partial charge on any atom is 0.251 e. The van der Waals surface area contributed by atoms with Crippen molar-refractivity contribution in [2.75, 3.05) is 5.32 Å². The van der Waals surface area contributed by atoms with Crippen molar-refractivity contribution in [3.05, 3.63) is 29.0 Å². The van der Waals surface area contributed by atoms with E-state index < -0.39 is 0 Å². The van der Waals surface area contributed by atoms with Crippen LogP contribution < -0.4 is 5.32 Å². The standard InChI is InChI=1S/C14H16ClN5/c1-9-5-3-4-6-10(9)18-12-11(16-2)13(15)19-20-8-7-17-14(12)20/h7-10,18H,3-6H2,1H3. The van der Waals surface area contributed by atoms with Gasteiger partial charge in [-0.2, -0.15) is 5.10 Å². The molecule has 2 unspecified atom stereocenters. The summed E-state index contributed by atoms with van der Waals surface area (Å²) in [6, 6.07) is 0.364. The summed E-state index contributed by atoms with van der Waals surface area (Å²) in [6.07, 6.45) is 8.25. The molecule has 104 valence electrons. The SMILES string of the molecule is [C-]#[N+]c1c(Cl)nn2ccnc2c1NC1CCCCC1C. The van der Waals surface area contributed by atoms with Gasteiger partial charge in [0.2, 0.25) is 0 Å². The number of aromatic nitrogens is 3. The minimum Gasteiger partial charge on any atom is -0.387 e. The summed E-state index contributed by atoms with van der Waals surface area (Å²) in [5, 5.41) is 7.86. The van der Waals surface area contributed by atoms with Crippen molar-refractivity contribution in [1.29, 1.82) is 0 Å². The predicted octanol–water partition coefficient (Wildman–Crippen LogP) is 3.92. The van der Waals surface area contributed by atoms with Gasteiger partial charge in [-0.05, 0) is 18.8 Å². The highest BCUT2D eigenvalue weighted by atomic mass is 35.5. The van der Waals surface area contributed by atoms with Crippen LogP contribution in [0, 0.1) is 12.5 Å². The smallest absolute Gasteiger partial charge is 0.251 e. The van der Waals surface area contributed by atoms with Crippen molar-refractivity contribution in [2.24, 2.45) is 5.92 Å². The Balaban J connectivity index is 2.05. The van der Waals surface area contributed by atoms with Gasteiger partial charge in [0, 0.05) is 18.4 Å². The van der Waals surface area contributed by atoms with Crippen LogP contribution in [0.4, 0.5) is 11.4 Å². The number of rotatable bonds is 2. The molecule has 0 aliphatic heterocycles. The van der Waals surface area contributed by atoms with E-state index in [2.05, 4.69) is 27.2 Å². The summed E-state index contributed by atoms with van der Waals surface area (Å²) < 4.78 is 1.62. The number of nitrogens with zero attached hydrogens (tertiary/aromatic N) is 4. The van der Waals surface area contributed by atoms with E-state index in [0.29, 0.717) is 29.0 Å². The monoisotopic (exact) mass is 289 g/mol. The third kappa shape index (κ3) is 2.20. The number of hydrogen-bond donors (Lipinski definition) is 1. The molecule has 1 saturated carbocycles. The van der Waals surface area contributed by atoms with Gasteiger partial charge in [0.15, 0.2) is 10.8 Å². The Kier molecular flexibility index (Phi) is 3.49. The molecule has 0 aromatic carbocycles. The van der Waals surface area contributed by atoms with Gasteiger partial charge in [0.05, 0.1) is 12.3 Å². The first kappa shape index (κ1) is 13.2. The molecule has 2 heterocycles. The van der Waals surface area contributed by atoms with Crippen molar-refractivity contribution in [2.45, 2.75) is 38.6 Å². The van der Waals surface area contributed by atoms with Crippen LogP contribution in [0.2, 0.25) is 5.15 Å². The molecule has 0 amide bonds. The van der Waals surface area contributed by atoms with Gasteiger partial charge in [-0.25, -0.2) is 14.3 Å². The molecule has 2 atom stereocenters. The average molecular weight is 290 g/mol. The number of anilines is 1. The second-order valence-corrected chi connectivity index (χ2v) is 5.69. The number of nitrogens with one attached hydrogen (secondary N) is 1. The Morgan fingerprint density at radius 1 is 1.45 bits per heavy atom. The lowest BCUT2D eigenvalue weighted by Gasteiger charge is -2.30. The number of hydrogen-bond acceptors (Lipinski definition) is 3. The third-order valence-electron chi connectivity index (χ3n) is 4.03. The molecule has 1 aliphatic carbocycles. The lowest BCUT2D eigenvalue weighted by Crippen LogP contribution is -2.30. The summed E-state index contributed by atoms with van der Waals surface area (Å²) in [5.74, 6) is 0.587. The predicted molar refractivity (Wildman–Crippen MR) is 79.3 cm³/mol. The quantitative estimate of drug-likeness (QED) is 0.852. The van der Waals surface area contributed by atoms with E-state index in [9.17, 15) is 0 Å². The molecule has 0 radical (unpaired) electrons. The summed E-state index contributed by atoms with van der Waals surface area (Å²) in [4.78, 5) is 7.82. The minimum absolute atomic E-state index is 0.219. The zero-order valence-corrected chi connectivity index (χ0v) is 12.1. The highest BCUT2D eigenvalue weighted by molar-refractivity contribution is 6.33. The van der Waals surface area contributed by atoms with Crippen LogP contribution in [0.3, 0.4) is 0 Å². The molecule has 1 fully saturated rings. The average Bonchev–Trinajstić information content (AvgIpc) is 2.89. The Labute approximate surface area is 122 Å². The van der Waals surface area contributed by atoms with Crippen molar-refractivity contribution >= 4 is 28.6 Å². The fraction of sp³-hybridized carbons (Fsp3) is 0.500. The van der Waals surface area contributed by atoms with E-state index in [4.69, 9.17) is 18.2 Å². The Morgan fingerprint density at radius 3 is 3.00 bits per heavy atom. The highest BCUT2D eigenvalue weighted by Gasteiger charge is 2.24. The molecule has 0 saturated heterocycles. The minimum atomic E-state index is 0.219. The molecule has 2 aromatic heterocycles. The van der Waals surface area contributed by atoms with E-state index in [0.717, 1.165) is 6.42 Å². The Morgan fingerprint density at radius 2 is 2.25 bits per heavy atom. The largest absolute Gasteiger partial charge is 0.387 e. The first-order valence-electron chi connectivity index (χ1n) is 6.87. The lowest BCUT2D eigenvalue weighted by atomic mass is 9.86. The Bertz CT molecular complexity index is 672. The van der Waals surface area contributed by atoms with Crippen molar-refractivity contribution in [3.63, 3.8) is 0 Å². The molecular weight excluding hydrogens is 274 g/mol.